The molecule has 1 aliphatic heterocycles. The van der Waals surface area contributed by atoms with Crippen molar-refractivity contribution >= 4 is 28.8 Å². The van der Waals surface area contributed by atoms with Crippen LogP contribution in [0, 0.1) is 6.92 Å². The van der Waals surface area contributed by atoms with Crippen molar-refractivity contribution in [3.05, 3.63) is 41.2 Å². The standard InChI is InChI=1S/C21H22F3N7O2/c1-3-31-19-15(10-28-31)17(29-13-4-6-33-7-5-13)14(18(30-19)21(22,23)24)9-27-20(32)16-11-25-12(2)8-26-16/h8-11,13H,3-7H2,1-2H3,(H,29,30). The van der Waals surface area contributed by atoms with Gasteiger partial charge in [-0.2, -0.15) is 18.3 Å². The molecule has 1 N–H and O–H groups in total. The minimum absolute atomic E-state index is 0.0720. The third kappa shape index (κ3) is 4.85. The van der Waals surface area contributed by atoms with Crippen molar-refractivity contribution in [2.45, 2.75) is 45.5 Å². The average molecular weight is 461 g/mol. The zero-order valence-electron chi connectivity index (χ0n) is 18.1. The SMILES string of the molecule is CCn1ncc2c(NC3CCOCC3)c(C=NC(=O)c3cnc(C)cn3)c(C(F)(F)F)nc21. The van der Waals surface area contributed by atoms with Crippen molar-refractivity contribution in [1.29, 1.82) is 0 Å². The van der Waals surface area contributed by atoms with Crippen LogP contribution >= 0.6 is 0 Å². The Morgan fingerprint density at radius 3 is 2.67 bits per heavy atom. The first kappa shape index (κ1) is 22.8. The van der Waals surface area contributed by atoms with Crippen molar-refractivity contribution in [2.75, 3.05) is 18.5 Å². The van der Waals surface area contributed by atoms with Crippen LogP contribution in [-0.2, 0) is 17.5 Å². The highest BCUT2D eigenvalue weighted by atomic mass is 19.4. The number of hydrogen-bond acceptors (Lipinski definition) is 7. The molecule has 33 heavy (non-hydrogen) atoms. The van der Waals surface area contributed by atoms with E-state index in [-0.39, 0.29) is 28.6 Å². The first-order chi connectivity index (χ1) is 15.8. The van der Waals surface area contributed by atoms with Crippen molar-refractivity contribution in [3.8, 4) is 0 Å². The van der Waals surface area contributed by atoms with Crippen molar-refractivity contribution < 1.29 is 22.7 Å². The van der Waals surface area contributed by atoms with Crippen LogP contribution < -0.4 is 5.32 Å². The predicted octanol–water partition coefficient (Wildman–Crippen LogP) is 3.42. The molecule has 3 aromatic heterocycles. The van der Waals surface area contributed by atoms with Crippen LogP contribution in [0.5, 0.6) is 0 Å². The van der Waals surface area contributed by atoms with Crippen molar-refractivity contribution in [1.82, 2.24) is 24.7 Å². The highest BCUT2D eigenvalue weighted by molar-refractivity contribution is 6.06. The summed E-state index contributed by atoms with van der Waals surface area (Å²) in [5.74, 6) is -0.808. The van der Waals surface area contributed by atoms with Crippen molar-refractivity contribution in [3.63, 3.8) is 0 Å². The number of halogens is 3. The molecule has 0 atom stereocenters. The fourth-order valence-corrected chi connectivity index (χ4v) is 3.57. The molecule has 12 heteroatoms. The number of nitrogens with zero attached hydrogens (tertiary/aromatic N) is 6. The van der Waals surface area contributed by atoms with Gasteiger partial charge in [0, 0.05) is 43.8 Å². The molecule has 3 aromatic rings. The molecule has 4 heterocycles. The third-order valence-corrected chi connectivity index (χ3v) is 5.27. The molecule has 0 aromatic carbocycles. The minimum Gasteiger partial charge on any atom is -0.381 e. The quantitative estimate of drug-likeness (QED) is 0.580. The number of anilines is 1. The van der Waals surface area contributed by atoms with Gasteiger partial charge in [0.1, 0.15) is 5.69 Å². The fourth-order valence-electron chi connectivity index (χ4n) is 3.57. The number of hydrogen-bond donors (Lipinski definition) is 1. The lowest BCUT2D eigenvalue weighted by molar-refractivity contribution is -0.141. The number of rotatable bonds is 5. The van der Waals surface area contributed by atoms with Crippen LogP contribution in [0.3, 0.4) is 0 Å². The number of fused-ring (bicyclic) bond motifs is 1. The average Bonchev–Trinajstić information content (AvgIpc) is 3.21. The van der Waals surface area contributed by atoms with E-state index in [1.165, 1.54) is 23.3 Å². The highest BCUT2D eigenvalue weighted by Gasteiger charge is 2.38. The highest BCUT2D eigenvalue weighted by Crippen LogP contribution is 2.37. The number of aryl methyl sites for hydroxylation is 2. The molecule has 174 valence electrons. The molecule has 0 aliphatic carbocycles. The van der Waals surface area contributed by atoms with E-state index >= 15 is 0 Å². The van der Waals surface area contributed by atoms with E-state index in [9.17, 15) is 18.0 Å². The van der Waals surface area contributed by atoms with Crippen LogP contribution in [-0.4, -0.2) is 56.1 Å². The van der Waals surface area contributed by atoms with Gasteiger partial charge in [-0.25, -0.2) is 19.6 Å². The summed E-state index contributed by atoms with van der Waals surface area (Å²) in [6, 6.07) is -0.110. The molecule has 1 amide bonds. The Morgan fingerprint density at radius 2 is 2.03 bits per heavy atom. The smallest absolute Gasteiger partial charge is 0.381 e. The number of nitrogens with one attached hydrogen (secondary N) is 1. The molecule has 1 aliphatic rings. The lowest BCUT2D eigenvalue weighted by atomic mass is 10.0. The Kier molecular flexibility index (Phi) is 6.36. The van der Waals surface area contributed by atoms with Gasteiger partial charge in [0.25, 0.3) is 5.91 Å². The van der Waals surface area contributed by atoms with Gasteiger partial charge in [-0.05, 0) is 26.7 Å². The molecule has 9 nitrogen and oxygen atoms in total. The second kappa shape index (κ2) is 9.22. The largest absolute Gasteiger partial charge is 0.434 e. The molecular weight excluding hydrogens is 439 g/mol. The topological polar surface area (TPSA) is 107 Å². The molecule has 4 rings (SSSR count). The van der Waals surface area contributed by atoms with E-state index in [4.69, 9.17) is 4.74 Å². The van der Waals surface area contributed by atoms with Gasteiger partial charge in [-0.1, -0.05) is 0 Å². The normalized spacial score (nSPS) is 15.4. The summed E-state index contributed by atoms with van der Waals surface area (Å²) in [6.07, 6.45) is 1.45. The molecule has 1 fully saturated rings. The van der Waals surface area contributed by atoms with Gasteiger partial charge >= 0.3 is 6.18 Å². The molecule has 0 bridgehead atoms. The van der Waals surface area contributed by atoms with Gasteiger partial charge in [-0.15, -0.1) is 0 Å². The zero-order valence-corrected chi connectivity index (χ0v) is 18.1. The van der Waals surface area contributed by atoms with E-state index in [2.05, 4.69) is 30.4 Å². The maximum atomic E-state index is 14.1. The number of aromatic nitrogens is 5. The van der Waals surface area contributed by atoms with Gasteiger partial charge < -0.3 is 10.1 Å². The lowest BCUT2D eigenvalue weighted by Crippen LogP contribution is -2.29. The van der Waals surface area contributed by atoms with Gasteiger partial charge in [0.05, 0.1) is 29.2 Å². The number of amides is 1. The summed E-state index contributed by atoms with van der Waals surface area (Å²) >= 11 is 0. The minimum atomic E-state index is -4.78. The zero-order chi connectivity index (χ0) is 23.6. The van der Waals surface area contributed by atoms with E-state index in [1.807, 2.05) is 0 Å². The number of carbonyl (C=O) groups is 1. The molecule has 0 spiro atoms. The van der Waals surface area contributed by atoms with E-state index < -0.39 is 17.8 Å². The van der Waals surface area contributed by atoms with Crippen LogP contribution in [0.4, 0.5) is 18.9 Å². The van der Waals surface area contributed by atoms with Crippen LogP contribution in [0.15, 0.2) is 23.6 Å². The number of aliphatic imine (C=N–C) groups is 1. The monoisotopic (exact) mass is 461 g/mol. The summed E-state index contributed by atoms with van der Waals surface area (Å²) in [4.78, 5) is 28.0. The molecular formula is C21H22F3N7O2. The van der Waals surface area contributed by atoms with E-state index in [0.29, 0.717) is 43.7 Å². The molecule has 1 saturated heterocycles. The first-order valence-corrected chi connectivity index (χ1v) is 10.5. The molecule has 0 unspecified atom stereocenters. The summed E-state index contributed by atoms with van der Waals surface area (Å²) in [6.45, 7) is 4.82. The summed E-state index contributed by atoms with van der Waals surface area (Å²) in [7, 11) is 0. The number of alkyl halides is 3. The van der Waals surface area contributed by atoms with E-state index in [0.717, 1.165) is 6.21 Å². The predicted molar refractivity (Wildman–Crippen MR) is 114 cm³/mol. The number of ether oxygens (including phenoxy) is 1. The van der Waals surface area contributed by atoms with Gasteiger partial charge in [-0.3, -0.25) is 9.78 Å². The Morgan fingerprint density at radius 1 is 1.27 bits per heavy atom. The summed E-state index contributed by atoms with van der Waals surface area (Å²) in [5, 5.41) is 7.80. The maximum Gasteiger partial charge on any atom is 0.434 e. The Labute approximate surface area is 187 Å². The first-order valence-electron chi connectivity index (χ1n) is 10.5. The second-order valence-electron chi connectivity index (χ2n) is 7.58. The van der Waals surface area contributed by atoms with E-state index in [1.54, 1.807) is 13.8 Å². The fraction of sp³-hybridized carbons (Fsp3) is 0.429. The van der Waals surface area contributed by atoms with Gasteiger partial charge in [0.15, 0.2) is 11.3 Å². The van der Waals surface area contributed by atoms with Crippen LogP contribution in [0.25, 0.3) is 11.0 Å². The summed E-state index contributed by atoms with van der Waals surface area (Å²) < 4.78 is 48.9. The lowest BCUT2D eigenvalue weighted by Gasteiger charge is -2.26. The number of pyridine rings is 1. The van der Waals surface area contributed by atoms with Crippen molar-refractivity contribution in [2.24, 2.45) is 4.99 Å². The van der Waals surface area contributed by atoms with Gasteiger partial charge in [0.2, 0.25) is 0 Å². The second-order valence-corrected chi connectivity index (χ2v) is 7.58. The maximum absolute atomic E-state index is 14.1. The number of carbonyl (C=O) groups excluding carboxylic acids is 1. The van der Waals surface area contributed by atoms with Crippen LogP contribution in [0.2, 0.25) is 0 Å². The Bertz CT molecular complexity index is 1180. The molecule has 0 saturated carbocycles. The summed E-state index contributed by atoms with van der Waals surface area (Å²) in [5.41, 5.74) is -0.660. The Balaban J connectivity index is 1.84. The Hall–Kier alpha value is -3.41. The molecule has 0 radical (unpaired) electrons. The third-order valence-electron chi connectivity index (χ3n) is 5.27. The van der Waals surface area contributed by atoms with Crippen LogP contribution in [0.1, 0.15) is 47.2 Å².